The van der Waals surface area contributed by atoms with Gasteiger partial charge in [-0.05, 0) is 19.3 Å². The topological polar surface area (TPSA) is 67.0 Å². The fourth-order valence-corrected chi connectivity index (χ4v) is 1.70. The van der Waals surface area contributed by atoms with E-state index in [0.717, 1.165) is 32.4 Å². The van der Waals surface area contributed by atoms with Crippen molar-refractivity contribution in [2.75, 3.05) is 18.5 Å². The van der Waals surface area contributed by atoms with Crippen LogP contribution in [0.2, 0.25) is 0 Å². The molecule has 1 unspecified atom stereocenters. The number of aromatic amines is 1. The summed E-state index contributed by atoms with van der Waals surface area (Å²) in [6.45, 7) is 1.68. The first-order valence-electron chi connectivity index (χ1n) is 5.25. The van der Waals surface area contributed by atoms with Crippen LogP contribution in [0.4, 0.5) is 5.82 Å². The summed E-state index contributed by atoms with van der Waals surface area (Å²) >= 11 is 0. The highest BCUT2D eigenvalue weighted by molar-refractivity contribution is 5.31. The van der Waals surface area contributed by atoms with E-state index in [1.165, 1.54) is 12.4 Å². The van der Waals surface area contributed by atoms with E-state index in [1.54, 1.807) is 0 Å². The molecule has 2 heterocycles. The van der Waals surface area contributed by atoms with E-state index in [0.29, 0.717) is 11.9 Å². The van der Waals surface area contributed by atoms with Gasteiger partial charge in [-0.15, -0.1) is 0 Å². The molecule has 2 rings (SSSR count). The second-order valence-electron chi connectivity index (χ2n) is 3.65. The second kappa shape index (κ2) is 4.93. The zero-order chi connectivity index (χ0) is 10.5. The van der Waals surface area contributed by atoms with Crippen molar-refractivity contribution in [3.05, 3.63) is 22.7 Å². The summed E-state index contributed by atoms with van der Waals surface area (Å²) in [5.41, 5.74) is -0.135. The van der Waals surface area contributed by atoms with Crippen molar-refractivity contribution in [3.8, 4) is 0 Å². The number of hydrogen-bond acceptors (Lipinski definition) is 4. The van der Waals surface area contributed by atoms with E-state index in [1.807, 2.05) is 0 Å². The number of nitrogens with zero attached hydrogens (tertiary/aromatic N) is 1. The lowest BCUT2D eigenvalue weighted by Crippen LogP contribution is -2.14. The van der Waals surface area contributed by atoms with Crippen molar-refractivity contribution in [1.29, 1.82) is 0 Å². The predicted octanol–water partition coefficient (Wildman–Crippen LogP) is 0.751. The molecule has 5 nitrogen and oxygen atoms in total. The molecule has 1 aliphatic rings. The third-order valence-electron chi connectivity index (χ3n) is 2.47. The van der Waals surface area contributed by atoms with Crippen molar-refractivity contribution in [2.45, 2.75) is 25.4 Å². The maximum Gasteiger partial charge on any atom is 0.252 e. The number of rotatable bonds is 4. The third-order valence-corrected chi connectivity index (χ3v) is 2.47. The first-order chi connectivity index (χ1) is 7.34. The van der Waals surface area contributed by atoms with Gasteiger partial charge in [-0.1, -0.05) is 0 Å². The monoisotopic (exact) mass is 209 g/mol. The highest BCUT2D eigenvalue weighted by Crippen LogP contribution is 2.14. The Morgan fingerprint density at radius 3 is 3.33 bits per heavy atom. The number of nitrogens with one attached hydrogen (secondary N) is 2. The molecule has 0 aliphatic carbocycles. The van der Waals surface area contributed by atoms with Gasteiger partial charge in [0.1, 0.15) is 5.82 Å². The summed E-state index contributed by atoms with van der Waals surface area (Å²) in [5.74, 6) is 0.622. The normalized spacial score (nSPS) is 20.4. The lowest BCUT2D eigenvalue weighted by molar-refractivity contribution is 0.107. The van der Waals surface area contributed by atoms with Gasteiger partial charge in [-0.2, -0.15) is 0 Å². The van der Waals surface area contributed by atoms with Crippen molar-refractivity contribution in [2.24, 2.45) is 0 Å². The summed E-state index contributed by atoms with van der Waals surface area (Å²) in [6, 6.07) is 1.45. The van der Waals surface area contributed by atoms with Gasteiger partial charge in [-0.3, -0.25) is 4.79 Å². The number of aromatic nitrogens is 2. The van der Waals surface area contributed by atoms with Crippen LogP contribution < -0.4 is 10.9 Å². The van der Waals surface area contributed by atoms with Gasteiger partial charge >= 0.3 is 0 Å². The molecule has 0 aromatic carbocycles. The molecule has 1 aromatic heterocycles. The first-order valence-corrected chi connectivity index (χ1v) is 5.25. The molecule has 5 heteroatoms. The van der Waals surface area contributed by atoms with Gasteiger partial charge in [0.25, 0.3) is 5.56 Å². The van der Waals surface area contributed by atoms with Gasteiger partial charge in [0.05, 0.1) is 12.4 Å². The van der Waals surface area contributed by atoms with E-state index in [4.69, 9.17) is 4.74 Å². The molecule has 0 bridgehead atoms. The Morgan fingerprint density at radius 2 is 2.60 bits per heavy atom. The van der Waals surface area contributed by atoms with Crippen molar-refractivity contribution in [1.82, 2.24) is 9.97 Å². The van der Waals surface area contributed by atoms with E-state index >= 15 is 0 Å². The molecular formula is C10H15N3O2. The van der Waals surface area contributed by atoms with Crippen LogP contribution in [0.3, 0.4) is 0 Å². The molecule has 82 valence electrons. The van der Waals surface area contributed by atoms with Gasteiger partial charge in [0.2, 0.25) is 0 Å². The summed E-state index contributed by atoms with van der Waals surface area (Å²) in [7, 11) is 0. The average Bonchev–Trinajstić information content (AvgIpc) is 2.71. The zero-order valence-corrected chi connectivity index (χ0v) is 8.53. The summed E-state index contributed by atoms with van der Waals surface area (Å²) in [4.78, 5) is 17.4. The Hall–Kier alpha value is -1.36. The fraction of sp³-hybridized carbons (Fsp3) is 0.600. The molecule has 1 aromatic rings. The van der Waals surface area contributed by atoms with Crippen LogP contribution in [0.5, 0.6) is 0 Å². The Labute approximate surface area is 87.9 Å². The summed E-state index contributed by atoms with van der Waals surface area (Å²) < 4.78 is 5.49. The van der Waals surface area contributed by atoms with Crippen molar-refractivity contribution < 1.29 is 4.74 Å². The van der Waals surface area contributed by atoms with Gasteiger partial charge in [0, 0.05) is 19.2 Å². The maximum absolute atomic E-state index is 10.9. The van der Waals surface area contributed by atoms with E-state index < -0.39 is 0 Å². The van der Waals surface area contributed by atoms with Gasteiger partial charge in [0.15, 0.2) is 0 Å². The number of anilines is 1. The molecule has 15 heavy (non-hydrogen) atoms. The third kappa shape index (κ3) is 3.06. The summed E-state index contributed by atoms with van der Waals surface area (Å²) in [6.07, 6.45) is 5.04. The van der Waals surface area contributed by atoms with Crippen LogP contribution in [0.1, 0.15) is 19.3 Å². The van der Waals surface area contributed by atoms with Crippen LogP contribution in [-0.4, -0.2) is 29.2 Å². The Morgan fingerprint density at radius 1 is 1.67 bits per heavy atom. The molecule has 1 aliphatic heterocycles. The van der Waals surface area contributed by atoms with E-state index in [9.17, 15) is 4.79 Å². The molecule has 2 N–H and O–H groups in total. The fourth-order valence-electron chi connectivity index (χ4n) is 1.70. The smallest absolute Gasteiger partial charge is 0.252 e. The first kappa shape index (κ1) is 10.2. The molecule has 1 fully saturated rings. The summed E-state index contributed by atoms with van der Waals surface area (Å²) in [5, 5.41) is 3.10. The van der Waals surface area contributed by atoms with Crippen molar-refractivity contribution in [3.63, 3.8) is 0 Å². The van der Waals surface area contributed by atoms with Crippen LogP contribution in [-0.2, 0) is 4.74 Å². The SMILES string of the molecule is O=c1cc(NCCC2CCCO2)nc[nH]1. The van der Waals surface area contributed by atoms with E-state index in [-0.39, 0.29) is 5.56 Å². The van der Waals surface area contributed by atoms with Crippen molar-refractivity contribution >= 4 is 5.82 Å². The highest BCUT2D eigenvalue weighted by atomic mass is 16.5. The minimum absolute atomic E-state index is 0.135. The van der Waals surface area contributed by atoms with Gasteiger partial charge in [-0.25, -0.2) is 4.98 Å². The molecule has 0 radical (unpaired) electrons. The molecule has 1 saturated heterocycles. The number of H-pyrrole nitrogens is 1. The minimum Gasteiger partial charge on any atom is -0.378 e. The second-order valence-corrected chi connectivity index (χ2v) is 3.65. The molecule has 0 amide bonds. The molecular weight excluding hydrogens is 194 g/mol. The standard InChI is InChI=1S/C10H15N3O2/c14-10-6-9(12-7-13-10)11-4-3-8-2-1-5-15-8/h6-8H,1-5H2,(H2,11,12,13,14). The maximum atomic E-state index is 10.9. The average molecular weight is 209 g/mol. The Balaban J connectivity index is 1.75. The molecule has 0 spiro atoms. The Bertz CT molecular complexity index is 358. The predicted molar refractivity (Wildman–Crippen MR) is 56.9 cm³/mol. The van der Waals surface area contributed by atoms with Crippen LogP contribution in [0, 0.1) is 0 Å². The minimum atomic E-state index is -0.135. The van der Waals surface area contributed by atoms with Gasteiger partial charge < -0.3 is 15.0 Å². The largest absolute Gasteiger partial charge is 0.378 e. The number of hydrogen-bond donors (Lipinski definition) is 2. The lowest BCUT2D eigenvalue weighted by atomic mass is 10.2. The zero-order valence-electron chi connectivity index (χ0n) is 8.53. The quantitative estimate of drug-likeness (QED) is 0.768. The lowest BCUT2D eigenvalue weighted by Gasteiger charge is -2.09. The molecule has 1 atom stereocenters. The molecule has 0 saturated carbocycles. The highest BCUT2D eigenvalue weighted by Gasteiger charge is 2.14. The van der Waals surface area contributed by atoms with Crippen LogP contribution in [0.25, 0.3) is 0 Å². The van der Waals surface area contributed by atoms with E-state index in [2.05, 4.69) is 15.3 Å². The van der Waals surface area contributed by atoms with Crippen LogP contribution in [0.15, 0.2) is 17.2 Å². The number of ether oxygens (including phenoxy) is 1. The Kier molecular flexibility index (Phi) is 3.34. The van der Waals surface area contributed by atoms with Crippen LogP contribution >= 0.6 is 0 Å².